The Kier molecular flexibility index (Phi) is 5.68. The molecule has 114 valence electrons. The average Bonchev–Trinajstić information content (AvgIpc) is 2.54. The number of urea groups is 1. The predicted octanol–water partition coefficient (Wildman–Crippen LogP) is 3.53. The Morgan fingerprint density at radius 1 is 1.00 bits per heavy atom. The van der Waals surface area contributed by atoms with Crippen LogP contribution in [0.3, 0.4) is 0 Å². The van der Waals surface area contributed by atoms with Crippen molar-refractivity contribution in [3.05, 3.63) is 59.1 Å². The highest BCUT2D eigenvalue weighted by Crippen LogP contribution is 2.17. The fraction of sp³-hybridized carbons (Fsp3) is 0.0667. The van der Waals surface area contributed by atoms with Crippen LogP contribution in [0.5, 0.6) is 0 Å². The van der Waals surface area contributed by atoms with Crippen molar-refractivity contribution < 1.29 is 9.59 Å². The lowest BCUT2D eigenvalue weighted by atomic mass is 10.2. The standard InChI is InChI=1S/C15H14ClN3O2S/c1-22-11-8-6-10(7-9-11)17-15(21)19-18-14(20)12-4-2-3-5-13(12)16/h2-9H,1H3,(H,18,20)(H2,17,19,21). The van der Waals surface area contributed by atoms with Crippen molar-refractivity contribution in [2.45, 2.75) is 4.90 Å². The summed E-state index contributed by atoms with van der Waals surface area (Å²) in [5.41, 5.74) is 5.48. The van der Waals surface area contributed by atoms with E-state index in [1.165, 1.54) is 0 Å². The van der Waals surface area contributed by atoms with Crippen LogP contribution >= 0.6 is 23.4 Å². The van der Waals surface area contributed by atoms with E-state index in [9.17, 15) is 9.59 Å². The normalized spacial score (nSPS) is 9.91. The van der Waals surface area contributed by atoms with Gasteiger partial charge in [0.1, 0.15) is 0 Å². The number of rotatable bonds is 3. The molecule has 2 rings (SSSR count). The molecular formula is C15H14ClN3O2S. The molecule has 0 atom stereocenters. The molecule has 0 aliphatic carbocycles. The smallest absolute Gasteiger partial charge is 0.307 e. The van der Waals surface area contributed by atoms with Gasteiger partial charge >= 0.3 is 6.03 Å². The van der Waals surface area contributed by atoms with Gasteiger partial charge in [-0.2, -0.15) is 0 Å². The zero-order chi connectivity index (χ0) is 15.9. The van der Waals surface area contributed by atoms with Crippen LogP contribution in [0.1, 0.15) is 10.4 Å². The molecule has 0 unspecified atom stereocenters. The number of thioether (sulfide) groups is 1. The number of hydrogen-bond donors (Lipinski definition) is 3. The van der Waals surface area contributed by atoms with Crippen molar-refractivity contribution in [3.8, 4) is 0 Å². The summed E-state index contributed by atoms with van der Waals surface area (Å²) < 4.78 is 0. The number of hydrazine groups is 1. The van der Waals surface area contributed by atoms with Gasteiger partial charge in [0.2, 0.25) is 0 Å². The van der Waals surface area contributed by atoms with Crippen molar-refractivity contribution in [3.63, 3.8) is 0 Å². The first kappa shape index (κ1) is 16.2. The van der Waals surface area contributed by atoms with E-state index in [0.29, 0.717) is 10.7 Å². The fourth-order valence-electron chi connectivity index (χ4n) is 1.66. The van der Waals surface area contributed by atoms with Gasteiger partial charge in [0.05, 0.1) is 10.6 Å². The molecule has 3 N–H and O–H groups in total. The number of hydrogen-bond acceptors (Lipinski definition) is 3. The Hall–Kier alpha value is -2.18. The molecule has 0 spiro atoms. The lowest BCUT2D eigenvalue weighted by Gasteiger charge is -2.10. The van der Waals surface area contributed by atoms with E-state index in [2.05, 4.69) is 16.2 Å². The summed E-state index contributed by atoms with van der Waals surface area (Å²) in [6, 6.07) is 13.4. The average molecular weight is 336 g/mol. The first-order valence-electron chi connectivity index (χ1n) is 6.36. The maximum absolute atomic E-state index is 11.9. The summed E-state index contributed by atoms with van der Waals surface area (Å²) in [6.45, 7) is 0. The Bertz CT molecular complexity index is 677. The molecule has 22 heavy (non-hydrogen) atoms. The summed E-state index contributed by atoms with van der Waals surface area (Å²) in [5, 5.41) is 2.92. The molecule has 3 amide bonds. The molecular weight excluding hydrogens is 322 g/mol. The minimum Gasteiger partial charge on any atom is -0.307 e. The summed E-state index contributed by atoms with van der Waals surface area (Å²) in [7, 11) is 0. The lowest BCUT2D eigenvalue weighted by molar-refractivity contribution is 0.0938. The number of halogens is 1. The second-order valence-electron chi connectivity index (χ2n) is 4.24. The Balaban J connectivity index is 1.87. The molecule has 2 aromatic carbocycles. The maximum atomic E-state index is 11.9. The van der Waals surface area contributed by atoms with E-state index < -0.39 is 11.9 Å². The van der Waals surface area contributed by atoms with Crippen LogP contribution in [0.4, 0.5) is 10.5 Å². The molecule has 0 aromatic heterocycles. The van der Waals surface area contributed by atoms with E-state index >= 15 is 0 Å². The van der Waals surface area contributed by atoms with Gasteiger partial charge in [0.25, 0.3) is 5.91 Å². The van der Waals surface area contributed by atoms with Crippen LogP contribution in [0.2, 0.25) is 5.02 Å². The molecule has 0 aliphatic heterocycles. The van der Waals surface area contributed by atoms with Gasteiger partial charge < -0.3 is 5.32 Å². The highest BCUT2D eigenvalue weighted by atomic mass is 35.5. The molecule has 0 bridgehead atoms. The zero-order valence-corrected chi connectivity index (χ0v) is 13.3. The zero-order valence-electron chi connectivity index (χ0n) is 11.7. The minimum atomic E-state index is -0.544. The molecule has 0 fully saturated rings. The Morgan fingerprint density at radius 3 is 2.32 bits per heavy atom. The van der Waals surface area contributed by atoms with E-state index in [1.54, 1.807) is 48.2 Å². The Morgan fingerprint density at radius 2 is 1.68 bits per heavy atom. The molecule has 0 saturated carbocycles. The van der Waals surface area contributed by atoms with E-state index in [-0.39, 0.29) is 5.56 Å². The second kappa shape index (κ2) is 7.72. The van der Waals surface area contributed by atoms with Gasteiger partial charge in [-0.3, -0.25) is 10.2 Å². The molecule has 5 nitrogen and oxygen atoms in total. The van der Waals surface area contributed by atoms with Gasteiger partial charge in [-0.25, -0.2) is 10.2 Å². The first-order valence-corrected chi connectivity index (χ1v) is 7.96. The van der Waals surface area contributed by atoms with Gasteiger partial charge in [0.15, 0.2) is 0 Å². The monoisotopic (exact) mass is 335 g/mol. The highest BCUT2D eigenvalue weighted by molar-refractivity contribution is 7.98. The van der Waals surface area contributed by atoms with Crippen LogP contribution in [0.15, 0.2) is 53.4 Å². The third-order valence-electron chi connectivity index (χ3n) is 2.76. The summed E-state index contributed by atoms with van der Waals surface area (Å²) >= 11 is 7.51. The van der Waals surface area contributed by atoms with Crippen LogP contribution in [0, 0.1) is 0 Å². The number of amides is 3. The van der Waals surface area contributed by atoms with Crippen LogP contribution in [-0.2, 0) is 0 Å². The largest absolute Gasteiger partial charge is 0.337 e. The minimum absolute atomic E-state index is 0.286. The van der Waals surface area contributed by atoms with Gasteiger partial charge in [-0.15, -0.1) is 11.8 Å². The van der Waals surface area contributed by atoms with Crippen molar-refractivity contribution in [2.24, 2.45) is 0 Å². The SMILES string of the molecule is CSc1ccc(NC(=O)NNC(=O)c2ccccc2Cl)cc1. The fourth-order valence-corrected chi connectivity index (χ4v) is 2.29. The topological polar surface area (TPSA) is 70.2 Å². The second-order valence-corrected chi connectivity index (χ2v) is 5.53. The number of anilines is 1. The molecule has 0 aliphatic rings. The van der Waals surface area contributed by atoms with Crippen molar-refractivity contribution >= 4 is 41.0 Å². The van der Waals surface area contributed by atoms with Gasteiger partial charge in [-0.05, 0) is 42.7 Å². The number of benzene rings is 2. The number of carbonyl (C=O) groups is 2. The summed E-state index contributed by atoms with van der Waals surface area (Å²) in [5.74, 6) is -0.488. The van der Waals surface area contributed by atoms with Gasteiger partial charge in [0, 0.05) is 10.6 Å². The molecule has 7 heteroatoms. The summed E-state index contributed by atoms with van der Waals surface area (Å²) in [4.78, 5) is 24.7. The van der Waals surface area contributed by atoms with E-state index in [0.717, 1.165) is 4.90 Å². The number of nitrogens with one attached hydrogen (secondary N) is 3. The van der Waals surface area contributed by atoms with Crippen molar-refractivity contribution in [1.29, 1.82) is 0 Å². The Labute approximate surface area is 137 Å². The third kappa shape index (κ3) is 4.41. The molecule has 0 radical (unpaired) electrons. The summed E-state index contributed by atoms with van der Waals surface area (Å²) in [6.07, 6.45) is 1.97. The van der Waals surface area contributed by atoms with Crippen molar-refractivity contribution in [2.75, 3.05) is 11.6 Å². The van der Waals surface area contributed by atoms with E-state index in [1.807, 2.05) is 18.4 Å². The first-order chi connectivity index (χ1) is 10.6. The van der Waals surface area contributed by atoms with Crippen LogP contribution < -0.4 is 16.2 Å². The highest BCUT2D eigenvalue weighted by Gasteiger charge is 2.10. The molecule has 0 saturated heterocycles. The lowest BCUT2D eigenvalue weighted by Crippen LogP contribution is -2.44. The predicted molar refractivity (Wildman–Crippen MR) is 89.3 cm³/mol. The quantitative estimate of drug-likeness (QED) is 0.593. The molecule has 0 heterocycles. The molecule has 2 aromatic rings. The maximum Gasteiger partial charge on any atom is 0.337 e. The van der Waals surface area contributed by atoms with Crippen LogP contribution in [-0.4, -0.2) is 18.2 Å². The third-order valence-corrected chi connectivity index (χ3v) is 3.83. The van der Waals surface area contributed by atoms with E-state index in [4.69, 9.17) is 11.6 Å². The van der Waals surface area contributed by atoms with Gasteiger partial charge in [-0.1, -0.05) is 23.7 Å². The number of carbonyl (C=O) groups excluding carboxylic acids is 2. The van der Waals surface area contributed by atoms with Crippen LogP contribution in [0.25, 0.3) is 0 Å². The van der Waals surface area contributed by atoms with Crippen molar-refractivity contribution in [1.82, 2.24) is 10.9 Å².